The maximum atomic E-state index is 11.7. The quantitative estimate of drug-likeness (QED) is 0.834. The number of carbonyl (C=O) groups is 1. The van der Waals surface area contributed by atoms with E-state index >= 15 is 0 Å². The fraction of sp³-hybridized carbons (Fsp3) is 0.300. The van der Waals surface area contributed by atoms with Gasteiger partial charge in [0.2, 0.25) is 0 Å². The molecule has 1 aliphatic carbocycles. The van der Waals surface area contributed by atoms with E-state index < -0.39 is 0 Å². The van der Waals surface area contributed by atoms with E-state index in [-0.39, 0.29) is 18.0 Å². The zero-order valence-electron chi connectivity index (χ0n) is 7.84. The van der Waals surface area contributed by atoms with Gasteiger partial charge in [0.1, 0.15) is 0 Å². The predicted molar refractivity (Wildman–Crippen MR) is 60.3 cm³/mol. The summed E-state index contributed by atoms with van der Waals surface area (Å²) in [5.74, 6) is -0.199. The van der Waals surface area contributed by atoms with Gasteiger partial charge in [-0.05, 0) is 24.6 Å². The number of rotatable bonds is 2. The van der Waals surface area contributed by atoms with Crippen molar-refractivity contribution in [3.05, 3.63) is 33.8 Å². The summed E-state index contributed by atoms with van der Waals surface area (Å²) in [5.41, 5.74) is 6.02. The van der Waals surface area contributed by atoms with Gasteiger partial charge in [-0.2, -0.15) is 0 Å². The highest BCUT2D eigenvalue weighted by Crippen LogP contribution is 2.23. The number of benzene rings is 1. The summed E-state index contributed by atoms with van der Waals surface area (Å²) < 4.78 is 0. The van der Waals surface area contributed by atoms with E-state index in [1.54, 1.807) is 18.2 Å². The molecule has 3 nitrogen and oxygen atoms in total. The first kappa shape index (κ1) is 10.7. The Labute approximate surface area is 97.5 Å². The van der Waals surface area contributed by atoms with Gasteiger partial charge in [0.15, 0.2) is 0 Å². The summed E-state index contributed by atoms with van der Waals surface area (Å²) in [5, 5.41) is 3.66. The highest BCUT2D eigenvalue weighted by atomic mass is 35.5. The molecular weight excluding hydrogens is 235 g/mol. The monoisotopic (exact) mass is 244 g/mol. The number of hydrogen-bond donors (Lipinski definition) is 2. The molecule has 80 valence electrons. The Balaban J connectivity index is 2.11. The number of amides is 1. The summed E-state index contributed by atoms with van der Waals surface area (Å²) in [6.45, 7) is 0. The standard InChI is InChI=1S/C10H10Cl2N2O/c11-5-1-2-6(7(12)3-5)10(15)14-9-4-8(9)13/h1-3,8-9H,4,13H2,(H,14,15). The number of nitrogens with one attached hydrogen (secondary N) is 1. The zero-order chi connectivity index (χ0) is 11.0. The molecule has 1 aromatic rings. The normalized spacial score (nSPS) is 23.7. The van der Waals surface area contributed by atoms with Crippen LogP contribution in [-0.2, 0) is 0 Å². The maximum Gasteiger partial charge on any atom is 0.253 e. The summed E-state index contributed by atoms with van der Waals surface area (Å²) in [4.78, 5) is 11.7. The van der Waals surface area contributed by atoms with Crippen LogP contribution in [0.1, 0.15) is 16.8 Å². The average molecular weight is 245 g/mol. The first-order valence-electron chi connectivity index (χ1n) is 4.59. The second-order valence-electron chi connectivity index (χ2n) is 3.60. The van der Waals surface area contributed by atoms with Crippen molar-refractivity contribution in [1.29, 1.82) is 0 Å². The largest absolute Gasteiger partial charge is 0.348 e. The molecule has 5 heteroatoms. The van der Waals surface area contributed by atoms with E-state index in [4.69, 9.17) is 28.9 Å². The van der Waals surface area contributed by atoms with Crippen LogP contribution < -0.4 is 11.1 Å². The third-order valence-electron chi connectivity index (χ3n) is 2.33. The predicted octanol–water partition coefficient (Wildman–Crippen LogP) is 1.82. The third-order valence-corrected chi connectivity index (χ3v) is 2.88. The van der Waals surface area contributed by atoms with Crippen LogP contribution in [0.25, 0.3) is 0 Å². The van der Waals surface area contributed by atoms with Crippen LogP contribution in [0.15, 0.2) is 18.2 Å². The Morgan fingerprint density at radius 2 is 2.13 bits per heavy atom. The van der Waals surface area contributed by atoms with Gasteiger partial charge in [0.05, 0.1) is 10.6 Å². The highest BCUT2D eigenvalue weighted by molar-refractivity contribution is 6.36. The molecule has 1 aliphatic rings. The molecule has 0 aliphatic heterocycles. The van der Waals surface area contributed by atoms with E-state index in [0.717, 1.165) is 6.42 Å². The van der Waals surface area contributed by atoms with E-state index in [1.807, 2.05) is 0 Å². The summed E-state index contributed by atoms with van der Waals surface area (Å²) >= 11 is 11.6. The lowest BCUT2D eigenvalue weighted by molar-refractivity contribution is 0.0950. The Kier molecular flexibility index (Phi) is 2.87. The minimum absolute atomic E-state index is 0.0834. The van der Waals surface area contributed by atoms with Crippen molar-refractivity contribution in [2.24, 2.45) is 5.73 Å². The Hall–Kier alpha value is -0.770. The molecule has 0 spiro atoms. The molecule has 2 atom stereocenters. The first-order valence-corrected chi connectivity index (χ1v) is 5.35. The van der Waals surface area contributed by atoms with Crippen LogP contribution in [0.2, 0.25) is 10.0 Å². The molecule has 0 bridgehead atoms. The smallest absolute Gasteiger partial charge is 0.253 e. The van der Waals surface area contributed by atoms with Crippen LogP contribution in [0.4, 0.5) is 0 Å². The molecule has 0 saturated heterocycles. The van der Waals surface area contributed by atoms with Crippen molar-refractivity contribution in [1.82, 2.24) is 5.32 Å². The van der Waals surface area contributed by atoms with Gasteiger partial charge in [0, 0.05) is 17.1 Å². The molecule has 0 aromatic heterocycles. The molecule has 1 fully saturated rings. The lowest BCUT2D eigenvalue weighted by atomic mass is 10.2. The zero-order valence-corrected chi connectivity index (χ0v) is 9.35. The van der Waals surface area contributed by atoms with Crippen molar-refractivity contribution in [2.45, 2.75) is 18.5 Å². The van der Waals surface area contributed by atoms with E-state index in [0.29, 0.717) is 15.6 Å². The molecule has 1 amide bonds. The van der Waals surface area contributed by atoms with Gasteiger partial charge < -0.3 is 11.1 Å². The van der Waals surface area contributed by atoms with Crippen molar-refractivity contribution in [3.8, 4) is 0 Å². The SMILES string of the molecule is NC1CC1NC(=O)c1ccc(Cl)cc1Cl. The molecule has 0 radical (unpaired) electrons. The van der Waals surface area contributed by atoms with Crippen LogP contribution in [-0.4, -0.2) is 18.0 Å². The van der Waals surface area contributed by atoms with Gasteiger partial charge in [0.25, 0.3) is 5.91 Å². The fourth-order valence-electron chi connectivity index (χ4n) is 1.30. The van der Waals surface area contributed by atoms with Crippen molar-refractivity contribution in [2.75, 3.05) is 0 Å². The highest BCUT2D eigenvalue weighted by Gasteiger charge is 2.35. The van der Waals surface area contributed by atoms with Crippen LogP contribution in [0, 0.1) is 0 Å². The fourth-order valence-corrected chi connectivity index (χ4v) is 1.79. The minimum Gasteiger partial charge on any atom is -0.348 e. The summed E-state index contributed by atoms with van der Waals surface area (Å²) in [7, 11) is 0. The van der Waals surface area contributed by atoms with Crippen molar-refractivity contribution in [3.63, 3.8) is 0 Å². The number of nitrogens with two attached hydrogens (primary N) is 1. The van der Waals surface area contributed by atoms with E-state index in [9.17, 15) is 4.79 Å². The third kappa shape index (κ3) is 2.43. The molecule has 15 heavy (non-hydrogen) atoms. The van der Waals surface area contributed by atoms with Crippen molar-refractivity contribution < 1.29 is 4.79 Å². The van der Waals surface area contributed by atoms with Crippen molar-refractivity contribution >= 4 is 29.1 Å². The molecule has 0 heterocycles. The summed E-state index contributed by atoms with van der Waals surface area (Å²) in [6, 6.07) is 4.96. The van der Waals surface area contributed by atoms with E-state index in [1.165, 1.54) is 0 Å². The van der Waals surface area contributed by atoms with Gasteiger partial charge in [-0.25, -0.2) is 0 Å². The average Bonchev–Trinajstić information content (AvgIpc) is 2.81. The lowest BCUT2D eigenvalue weighted by Crippen LogP contribution is -2.29. The topological polar surface area (TPSA) is 55.1 Å². The van der Waals surface area contributed by atoms with Gasteiger partial charge in [-0.3, -0.25) is 4.79 Å². The lowest BCUT2D eigenvalue weighted by Gasteiger charge is -2.05. The first-order chi connectivity index (χ1) is 7.08. The van der Waals surface area contributed by atoms with Gasteiger partial charge >= 0.3 is 0 Å². The summed E-state index contributed by atoms with van der Waals surface area (Å²) in [6.07, 6.45) is 0.830. The maximum absolute atomic E-state index is 11.7. The number of carbonyl (C=O) groups excluding carboxylic acids is 1. The van der Waals surface area contributed by atoms with Crippen LogP contribution in [0.5, 0.6) is 0 Å². The Morgan fingerprint density at radius 3 is 2.67 bits per heavy atom. The second-order valence-corrected chi connectivity index (χ2v) is 4.45. The molecule has 3 N–H and O–H groups in total. The van der Waals surface area contributed by atoms with Crippen LogP contribution in [0.3, 0.4) is 0 Å². The van der Waals surface area contributed by atoms with Gasteiger partial charge in [-0.15, -0.1) is 0 Å². The van der Waals surface area contributed by atoms with Crippen LogP contribution >= 0.6 is 23.2 Å². The molecule has 2 rings (SSSR count). The Morgan fingerprint density at radius 1 is 1.47 bits per heavy atom. The number of halogens is 2. The number of hydrogen-bond acceptors (Lipinski definition) is 2. The molecule has 2 unspecified atom stereocenters. The molecular formula is C10H10Cl2N2O. The second kappa shape index (κ2) is 4.00. The van der Waals surface area contributed by atoms with E-state index in [2.05, 4.69) is 5.32 Å². The minimum atomic E-state index is -0.199. The van der Waals surface area contributed by atoms with Gasteiger partial charge in [-0.1, -0.05) is 23.2 Å². The molecule has 1 aromatic carbocycles. The Bertz CT molecular complexity index is 408. The molecule has 1 saturated carbocycles.